The molecule has 30 heavy (non-hydrogen) atoms. The number of hydrogen-bond donors (Lipinski definition) is 0. The number of benzene rings is 3. The monoisotopic (exact) mass is 395 g/mol. The molecule has 4 heteroatoms. The van der Waals surface area contributed by atoms with Gasteiger partial charge in [-0.3, -0.25) is 4.79 Å². The number of allylic oxidation sites excluding steroid dienone is 1. The number of fused-ring (bicyclic) bond motifs is 1. The lowest BCUT2D eigenvalue weighted by Gasteiger charge is -2.06. The van der Waals surface area contributed by atoms with Crippen LogP contribution in [0.1, 0.15) is 27.4 Å². The fraction of sp³-hybridized carbons (Fsp3) is 0.0769. The Bertz CT molecular complexity index is 1180. The van der Waals surface area contributed by atoms with Crippen molar-refractivity contribution in [2.45, 2.75) is 6.92 Å². The van der Waals surface area contributed by atoms with E-state index in [2.05, 4.69) is 11.6 Å². The third-order valence-corrected chi connectivity index (χ3v) is 4.64. The highest BCUT2D eigenvalue weighted by Gasteiger charge is 2.20. The summed E-state index contributed by atoms with van der Waals surface area (Å²) in [7, 11) is 0. The third kappa shape index (κ3) is 4.23. The molecule has 0 atom stereocenters. The molecular formula is C26H21NO3. The van der Waals surface area contributed by atoms with Gasteiger partial charge in [0.1, 0.15) is 17.9 Å². The summed E-state index contributed by atoms with van der Waals surface area (Å²) in [6.07, 6.45) is 3.49. The van der Waals surface area contributed by atoms with E-state index >= 15 is 0 Å². The predicted molar refractivity (Wildman–Crippen MR) is 120 cm³/mol. The number of hydrogen-bond acceptors (Lipinski definition) is 4. The molecule has 4 aromatic rings. The number of carbonyl (C=O) groups is 1. The molecule has 0 N–H and O–H groups in total. The standard InChI is InChI=1S/C26H21NO3/c1-3-16-29-21-14-10-19(11-15-21)17-22(25(28)20-12-8-18(2)9-13-20)26-27-23-6-4-5-7-24(23)30-26/h3-15,17H,1,16H2,2H3/b22-17-. The lowest BCUT2D eigenvalue weighted by molar-refractivity contribution is 0.105. The highest BCUT2D eigenvalue weighted by molar-refractivity contribution is 6.31. The summed E-state index contributed by atoms with van der Waals surface area (Å²) >= 11 is 0. The van der Waals surface area contributed by atoms with Crippen molar-refractivity contribution in [2.75, 3.05) is 6.61 Å². The first kappa shape index (κ1) is 19.4. The van der Waals surface area contributed by atoms with E-state index in [-0.39, 0.29) is 5.78 Å². The third-order valence-electron chi connectivity index (χ3n) is 4.64. The molecule has 0 saturated heterocycles. The maximum atomic E-state index is 13.3. The van der Waals surface area contributed by atoms with E-state index in [0.29, 0.717) is 34.7 Å². The first-order valence-corrected chi connectivity index (χ1v) is 9.67. The molecule has 4 rings (SSSR count). The topological polar surface area (TPSA) is 52.3 Å². The van der Waals surface area contributed by atoms with E-state index in [1.54, 1.807) is 12.2 Å². The molecule has 0 unspecified atom stereocenters. The van der Waals surface area contributed by atoms with Crippen molar-refractivity contribution in [1.82, 2.24) is 4.98 Å². The number of aromatic nitrogens is 1. The Balaban J connectivity index is 1.76. The van der Waals surface area contributed by atoms with Crippen molar-refractivity contribution in [3.05, 3.63) is 108 Å². The molecular weight excluding hydrogens is 374 g/mol. The summed E-state index contributed by atoms with van der Waals surface area (Å²) in [5.41, 5.74) is 4.27. The van der Waals surface area contributed by atoms with E-state index < -0.39 is 0 Å². The second-order valence-corrected chi connectivity index (χ2v) is 6.91. The molecule has 0 aliphatic rings. The van der Waals surface area contributed by atoms with Crippen LogP contribution in [0.25, 0.3) is 22.7 Å². The highest BCUT2D eigenvalue weighted by Crippen LogP contribution is 2.27. The fourth-order valence-corrected chi connectivity index (χ4v) is 3.05. The Morgan fingerprint density at radius 2 is 1.77 bits per heavy atom. The minimum Gasteiger partial charge on any atom is -0.490 e. The molecule has 1 heterocycles. The van der Waals surface area contributed by atoms with Gasteiger partial charge in [-0.2, -0.15) is 0 Å². The van der Waals surface area contributed by atoms with E-state index in [4.69, 9.17) is 9.15 Å². The Hall–Kier alpha value is -3.92. The van der Waals surface area contributed by atoms with Gasteiger partial charge >= 0.3 is 0 Å². The zero-order valence-electron chi connectivity index (χ0n) is 16.7. The molecule has 0 fully saturated rings. The molecule has 3 aromatic carbocycles. The summed E-state index contributed by atoms with van der Waals surface area (Å²) in [4.78, 5) is 17.9. The number of carbonyl (C=O) groups excluding carboxylic acids is 1. The first-order chi connectivity index (χ1) is 14.6. The summed E-state index contributed by atoms with van der Waals surface area (Å²) in [5.74, 6) is 0.891. The van der Waals surface area contributed by atoms with Gasteiger partial charge < -0.3 is 9.15 Å². The molecule has 0 radical (unpaired) electrons. The summed E-state index contributed by atoms with van der Waals surface area (Å²) in [6.45, 7) is 6.08. The molecule has 0 spiro atoms. The van der Waals surface area contributed by atoms with Crippen molar-refractivity contribution in [3.63, 3.8) is 0 Å². The van der Waals surface area contributed by atoms with Crippen molar-refractivity contribution in [2.24, 2.45) is 0 Å². The van der Waals surface area contributed by atoms with Crippen LogP contribution in [0, 0.1) is 6.92 Å². The number of para-hydroxylation sites is 2. The maximum absolute atomic E-state index is 13.3. The maximum Gasteiger partial charge on any atom is 0.231 e. The van der Waals surface area contributed by atoms with Crippen LogP contribution in [0.15, 0.2) is 89.9 Å². The smallest absolute Gasteiger partial charge is 0.231 e. The number of rotatable bonds is 7. The van der Waals surface area contributed by atoms with Crippen LogP contribution in [-0.4, -0.2) is 17.4 Å². The molecule has 148 valence electrons. The van der Waals surface area contributed by atoms with Gasteiger partial charge in [-0.05, 0) is 42.8 Å². The van der Waals surface area contributed by atoms with E-state index in [1.807, 2.05) is 79.7 Å². The molecule has 0 amide bonds. The summed E-state index contributed by atoms with van der Waals surface area (Å²) < 4.78 is 11.4. The Labute approximate surface area is 175 Å². The van der Waals surface area contributed by atoms with Crippen molar-refractivity contribution in [1.29, 1.82) is 0 Å². The normalized spacial score (nSPS) is 11.4. The number of aryl methyl sites for hydroxylation is 1. The highest BCUT2D eigenvalue weighted by atomic mass is 16.5. The number of ketones is 1. The van der Waals surface area contributed by atoms with E-state index in [0.717, 1.165) is 16.9 Å². The van der Waals surface area contributed by atoms with Crippen molar-refractivity contribution >= 4 is 28.5 Å². The van der Waals surface area contributed by atoms with Crippen LogP contribution in [0.2, 0.25) is 0 Å². The van der Waals surface area contributed by atoms with Gasteiger partial charge in [0.25, 0.3) is 0 Å². The average molecular weight is 395 g/mol. The van der Waals surface area contributed by atoms with Gasteiger partial charge in [-0.25, -0.2) is 4.98 Å². The average Bonchev–Trinajstić information content (AvgIpc) is 3.21. The van der Waals surface area contributed by atoms with Crippen molar-refractivity contribution in [3.8, 4) is 5.75 Å². The SMILES string of the molecule is C=CCOc1ccc(/C=C(/C(=O)c2ccc(C)cc2)c2nc3ccccc3o2)cc1. The minimum atomic E-state index is -0.145. The second-order valence-electron chi connectivity index (χ2n) is 6.91. The number of oxazole rings is 1. The summed E-state index contributed by atoms with van der Waals surface area (Å²) in [6, 6.07) is 22.4. The molecule has 0 saturated carbocycles. The predicted octanol–water partition coefficient (Wildman–Crippen LogP) is 6.12. The number of Topliss-reactive ketones (excluding diaryl/α,β-unsaturated/α-hetero) is 1. The Morgan fingerprint density at radius 3 is 2.47 bits per heavy atom. The zero-order valence-corrected chi connectivity index (χ0v) is 16.7. The van der Waals surface area contributed by atoms with Crippen molar-refractivity contribution < 1.29 is 13.9 Å². The fourth-order valence-electron chi connectivity index (χ4n) is 3.05. The second kappa shape index (κ2) is 8.62. The lowest BCUT2D eigenvalue weighted by atomic mass is 10.00. The van der Waals surface area contributed by atoms with Gasteiger partial charge in [-0.1, -0.05) is 66.7 Å². The quantitative estimate of drug-likeness (QED) is 0.215. The molecule has 0 aliphatic carbocycles. The van der Waals surface area contributed by atoms with Crippen LogP contribution in [0.5, 0.6) is 5.75 Å². The lowest BCUT2D eigenvalue weighted by Crippen LogP contribution is -2.03. The minimum absolute atomic E-state index is 0.145. The first-order valence-electron chi connectivity index (χ1n) is 9.67. The number of ether oxygens (including phenoxy) is 1. The molecule has 4 nitrogen and oxygen atoms in total. The van der Waals surface area contributed by atoms with Crippen LogP contribution < -0.4 is 4.74 Å². The van der Waals surface area contributed by atoms with Gasteiger partial charge in [0.2, 0.25) is 5.89 Å². The number of nitrogens with zero attached hydrogens (tertiary/aromatic N) is 1. The zero-order chi connectivity index (χ0) is 20.9. The van der Waals surface area contributed by atoms with Crippen LogP contribution >= 0.6 is 0 Å². The molecule has 0 aliphatic heterocycles. The molecule has 0 bridgehead atoms. The molecule has 1 aromatic heterocycles. The largest absolute Gasteiger partial charge is 0.490 e. The Kier molecular flexibility index (Phi) is 5.57. The van der Waals surface area contributed by atoms with Gasteiger partial charge in [-0.15, -0.1) is 0 Å². The van der Waals surface area contributed by atoms with E-state index in [9.17, 15) is 4.79 Å². The van der Waals surface area contributed by atoms with E-state index in [1.165, 1.54) is 0 Å². The van der Waals surface area contributed by atoms with Gasteiger partial charge in [0.15, 0.2) is 11.4 Å². The van der Waals surface area contributed by atoms with Crippen LogP contribution in [0.3, 0.4) is 0 Å². The van der Waals surface area contributed by atoms with Gasteiger partial charge in [0, 0.05) is 5.56 Å². The van der Waals surface area contributed by atoms with Crippen LogP contribution in [-0.2, 0) is 0 Å². The summed E-state index contributed by atoms with van der Waals surface area (Å²) in [5, 5.41) is 0. The Morgan fingerprint density at radius 1 is 1.03 bits per heavy atom. The van der Waals surface area contributed by atoms with Gasteiger partial charge in [0.05, 0.1) is 5.57 Å². The van der Waals surface area contributed by atoms with Crippen LogP contribution in [0.4, 0.5) is 0 Å².